The number of hydrogen-bond donors (Lipinski definition) is 2. The Morgan fingerprint density at radius 2 is 2.00 bits per heavy atom. The normalized spacial score (nSPS) is 19.2. The molecule has 1 rings (SSSR count). The molecule has 1 unspecified atom stereocenters. The molecule has 1 aliphatic heterocycles. The zero-order valence-corrected chi connectivity index (χ0v) is 13.7. The highest BCUT2D eigenvalue weighted by atomic mass is 35.5. The average Bonchev–Trinajstić information content (AvgIpc) is 2.34. The molecule has 0 bridgehead atoms. The second-order valence-corrected chi connectivity index (χ2v) is 4.94. The second-order valence-electron chi connectivity index (χ2n) is 4.94. The molecule has 0 saturated carbocycles. The van der Waals surface area contributed by atoms with Crippen LogP contribution in [0, 0.1) is 0 Å². The van der Waals surface area contributed by atoms with Crippen LogP contribution in [0.25, 0.3) is 0 Å². The molecule has 0 aliphatic carbocycles. The van der Waals surface area contributed by atoms with E-state index in [0.717, 1.165) is 32.1 Å². The fourth-order valence-electron chi connectivity index (χ4n) is 2.33. The molecule has 19 heavy (non-hydrogen) atoms. The van der Waals surface area contributed by atoms with Gasteiger partial charge in [0.05, 0.1) is 0 Å². The fraction of sp³-hybridized carbons (Fsp3) is 0.923. The average molecular weight is 314 g/mol. The molecular formula is C13H29Cl2N3O. The Morgan fingerprint density at radius 3 is 2.63 bits per heavy atom. The highest BCUT2D eigenvalue weighted by molar-refractivity contribution is 5.85. The summed E-state index contributed by atoms with van der Waals surface area (Å²) in [7, 11) is 1.87. The molecule has 0 aromatic carbocycles. The molecule has 0 radical (unpaired) electrons. The van der Waals surface area contributed by atoms with Gasteiger partial charge in [0.25, 0.3) is 0 Å². The monoisotopic (exact) mass is 313 g/mol. The zero-order valence-electron chi connectivity index (χ0n) is 12.1. The molecule has 4 nitrogen and oxygen atoms in total. The van der Waals surface area contributed by atoms with Crippen molar-refractivity contribution >= 4 is 30.7 Å². The Morgan fingerprint density at radius 1 is 1.26 bits per heavy atom. The number of carbonyl (C=O) groups excluding carboxylic acids is 1. The van der Waals surface area contributed by atoms with Gasteiger partial charge in [0.2, 0.25) is 5.91 Å². The van der Waals surface area contributed by atoms with E-state index in [2.05, 4.69) is 22.5 Å². The molecule has 1 heterocycles. The number of nitrogens with zero attached hydrogens (tertiary/aromatic N) is 1. The minimum atomic E-state index is 0. The van der Waals surface area contributed by atoms with Crippen LogP contribution < -0.4 is 10.6 Å². The van der Waals surface area contributed by atoms with Crippen molar-refractivity contribution in [3.8, 4) is 0 Å². The van der Waals surface area contributed by atoms with Crippen LogP contribution in [-0.4, -0.2) is 50.1 Å². The van der Waals surface area contributed by atoms with E-state index in [9.17, 15) is 4.79 Å². The van der Waals surface area contributed by atoms with E-state index in [0.29, 0.717) is 6.42 Å². The van der Waals surface area contributed by atoms with Gasteiger partial charge in [-0.3, -0.25) is 4.79 Å². The van der Waals surface area contributed by atoms with Gasteiger partial charge in [-0.2, -0.15) is 0 Å². The van der Waals surface area contributed by atoms with Crippen LogP contribution >= 0.6 is 24.8 Å². The van der Waals surface area contributed by atoms with Gasteiger partial charge in [-0.05, 0) is 39.8 Å². The third kappa shape index (κ3) is 9.50. The summed E-state index contributed by atoms with van der Waals surface area (Å²) < 4.78 is 0. The van der Waals surface area contributed by atoms with E-state index < -0.39 is 0 Å². The first-order chi connectivity index (χ1) is 8.24. The van der Waals surface area contributed by atoms with Crippen LogP contribution in [0.4, 0.5) is 0 Å². The van der Waals surface area contributed by atoms with E-state index in [-0.39, 0.29) is 30.7 Å². The smallest absolute Gasteiger partial charge is 0.221 e. The van der Waals surface area contributed by atoms with Gasteiger partial charge >= 0.3 is 0 Å². The first-order valence-electron chi connectivity index (χ1n) is 6.89. The van der Waals surface area contributed by atoms with Crippen LogP contribution in [0.3, 0.4) is 0 Å². The van der Waals surface area contributed by atoms with E-state index in [1.165, 1.54) is 25.8 Å². The molecule has 1 saturated heterocycles. The lowest BCUT2D eigenvalue weighted by atomic mass is 10.0. The van der Waals surface area contributed by atoms with Crippen molar-refractivity contribution in [1.82, 2.24) is 15.5 Å². The van der Waals surface area contributed by atoms with Crippen LogP contribution in [0.5, 0.6) is 0 Å². The van der Waals surface area contributed by atoms with E-state index >= 15 is 0 Å². The van der Waals surface area contributed by atoms with Gasteiger partial charge in [0.1, 0.15) is 0 Å². The maximum atomic E-state index is 11.4. The maximum absolute atomic E-state index is 11.4. The lowest BCUT2D eigenvalue weighted by Gasteiger charge is -2.33. The number of nitrogens with one attached hydrogen (secondary N) is 2. The zero-order chi connectivity index (χ0) is 12.5. The Bertz CT molecular complexity index is 230. The van der Waals surface area contributed by atoms with Gasteiger partial charge in [-0.25, -0.2) is 0 Å². The highest BCUT2D eigenvalue weighted by Gasteiger charge is 2.16. The van der Waals surface area contributed by atoms with Crippen LogP contribution in [0.15, 0.2) is 0 Å². The summed E-state index contributed by atoms with van der Waals surface area (Å²) >= 11 is 0. The van der Waals surface area contributed by atoms with Gasteiger partial charge in [0.15, 0.2) is 0 Å². The van der Waals surface area contributed by atoms with E-state index in [4.69, 9.17) is 0 Å². The number of likely N-dealkylation sites (tertiary alicyclic amines) is 1. The Hall–Kier alpha value is -0.0300. The van der Waals surface area contributed by atoms with Gasteiger partial charge in [0, 0.05) is 32.1 Å². The first-order valence-corrected chi connectivity index (χ1v) is 6.89. The van der Waals surface area contributed by atoms with E-state index in [1.54, 1.807) is 0 Å². The molecule has 1 atom stereocenters. The first kappa shape index (κ1) is 21.3. The van der Waals surface area contributed by atoms with Gasteiger partial charge in [-0.15, -0.1) is 24.8 Å². The quantitative estimate of drug-likeness (QED) is 0.705. The number of rotatable bonds is 7. The third-order valence-electron chi connectivity index (χ3n) is 3.49. The SMILES string of the molecule is CNCCC(=O)NCCCN1CCCCC1C.Cl.Cl. The van der Waals surface area contributed by atoms with E-state index in [1.807, 2.05) is 7.05 Å². The molecule has 1 aliphatic rings. The number of carbonyl (C=O) groups is 1. The van der Waals surface area contributed by atoms with Crippen molar-refractivity contribution in [2.24, 2.45) is 0 Å². The molecule has 1 fully saturated rings. The van der Waals surface area contributed by atoms with Gasteiger partial charge < -0.3 is 15.5 Å². The predicted molar refractivity (Wildman–Crippen MR) is 85.6 cm³/mol. The Labute approximate surface area is 129 Å². The Balaban J connectivity index is 0. The van der Waals surface area contributed by atoms with Gasteiger partial charge in [-0.1, -0.05) is 6.42 Å². The standard InChI is InChI=1S/C13H27N3O.2ClH/c1-12-6-3-4-10-16(12)11-5-8-15-13(17)7-9-14-2;;/h12,14H,3-11H2,1-2H3,(H,15,17);2*1H. The van der Waals surface area contributed by atoms with Crippen LogP contribution in [0.2, 0.25) is 0 Å². The number of halogens is 2. The van der Waals surface area contributed by atoms with Crippen molar-refractivity contribution in [3.63, 3.8) is 0 Å². The third-order valence-corrected chi connectivity index (χ3v) is 3.49. The molecule has 1 amide bonds. The number of piperidine rings is 1. The van der Waals surface area contributed by atoms with Crippen LogP contribution in [0.1, 0.15) is 39.0 Å². The summed E-state index contributed by atoms with van der Waals surface area (Å²) in [5.41, 5.74) is 0. The molecule has 6 heteroatoms. The minimum Gasteiger partial charge on any atom is -0.356 e. The highest BCUT2D eigenvalue weighted by Crippen LogP contribution is 2.15. The van der Waals surface area contributed by atoms with Crippen molar-refractivity contribution in [2.45, 2.75) is 45.1 Å². The van der Waals surface area contributed by atoms with Crippen LogP contribution in [-0.2, 0) is 4.79 Å². The molecule has 0 aromatic rings. The summed E-state index contributed by atoms with van der Waals surface area (Å²) in [5.74, 6) is 0.158. The van der Waals surface area contributed by atoms with Crippen molar-refractivity contribution in [2.75, 3.05) is 33.2 Å². The molecule has 2 N–H and O–H groups in total. The summed E-state index contributed by atoms with van der Waals surface area (Å²) in [5, 5.41) is 5.94. The molecule has 0 aromatic heterocycles. The maximum Gasteiger partial charge on any atom is 0.221 e. The predicted octanol–water partition coefficient (Wildman–Crippen LogP) is 1.82. The summed E-state index contributed by atoms with van der Waals surface area (Å²) in [6, 6.07) is 0.726. The lowest BCUT2D eigenvalue weighted by molar-refractivity contribution is -0.121. The topological polar surface area (TPSA) is 44.4 Å². The van der Waals surface area contributed by atoms with Crippen molar-refractivity contribution in [1.29, 1.82) is 0 Å². The van der Waals surface area contributed by atoms with Crippen molar-refractivity contribution < 1.29 is 4.79 Å². The van der Waals surface area contributed by atoms with Crippen molar-refractivity contribution in [3.05, 3.63) is 0 Å². The Kier molecular flexibility index (Phi) is 14.5. The number of amides is 1. The minimum absolute atomic E-state index is 0. The summed E-state index contributed by atoms with van der Waals surface area (Å²) in [6.45, 7) is 6.23. The molecule has 116 valence electrons. The largest absolute Gasteiger partial charge is 0.356 e. The molecular weight excluding hydrogens is 285 g/mol. The second kappa shape index (κ2) is 13.0. The fourth-order valence-corrected chi connectivity index (χ4v) is 2.33. The summed E-state index contributed by atoms with van der Waals surface area (Å²) in [4.78, 5) is 13.9. The summed E-state index contributed by atoms with van der Waals surface area (Å²) in [6.07, 6.45) is 5.68. The lowest BCUT2D eigenvalue weighted by Crippen LogP contribution is -2.39. The molecule has 0 spiro atoms. The number of hydrogen-bond acceptors (Lipinski definition) is 3.